The first-order chi connectivity index (χ1) is 12.2. The number of rotatable bonds is 3. The first kappa shape index (κ1) is 15.8. The second-order valence-corrected chi connectivity index (χ2v) is 5.88. The molecule has 0 amide bonds. The fourth-order valence-electron chi connectivity index (χ4n) is 3.02. The van der Waals surface area contributed by atoms with E-state index >= 15 is 0 Å². The van der Waals surface area contributed by atoms with Crippen molar-refractivity contribution in [3.63, 3.8) is 0 Å². The molecule has 128 valence electrons. The van der Waals surface area contributed by atoms with Crippen LogP contribution in [0.1, 0.15) is 0 Å². The summed E-state index contributed by atoms with van der Waals surface area (Å²) >= 11 is 0. The molecule has 1 aliphatic heterocycles. The van der Waals surface area contributed by atoms with Crippen molar-refractivity contribution in [1.82, 2.24) is 9.97 Å². The maximum atomic E-state index is 13.7. The highest BCUT2D eigenvalue weighted by atomic mass is 19.1. The Morgan fingerprint density at radius 2 is 1.92 bits per heavy atom. The summed E-state index contributed by atoms with van der Waals surface area (Å²) in [5.74, 6) is 1.15. The summed E-state index contributed by atoms with van der Waals surface area (Å²) in [7, 11) is 1.58. The SMILES string of the molecule is COc1ccc(F)cc1-c1ccc2ncc(N3CCOCC3)nc2c1. The molecule has 0 unspecified atom stereocenters. The van der Waals surface area contributed by atoms with Crippen LogP contribution in [0.25, 0.3) is 22.2 Å². The minimum atomic E-state index is -0.302. The van der Waals surface area contributed by atoms with Gasteiger partial charge in [-0.2, -0.15) is 0 Å². The molecule has 0 N–H and O–H groups in total. The molecule has 0 bridgehead atoms. The van der Waals surface area contributed by atoms with Crippen molar-refractivity contribution in [2.75, 3.05) is 38.3 Å². The quantitative estimate of drug-likeness (QED) is 0.733. The highest BCUT2D eigenvalue weighted by Gasteiger charge is 2.14. The maximum Gasteiger partial charge on any atom is 0.148 e. The monoisotopic (exact) mass is 339 g/mol. The topological polar surface area (TPSA) is 47.5 Å². The van der Waals surface area contributed by atoms with Crippen molar-refractivity contribution in [2.24, 2.45) is 0 Å². The summed E-state index contributed by atoms with van der Waals surface area (Å²) in [5, 5.41) is 0. The first-order valence-electron chi connectivity index (χ1n) is 8.18. The van der Waals surface area contributed by atoms with Gasteiger partial charge in [0, 0.05) is 18.7 Å². The summed E-state index contributed by atoms with van der Waals surface area (Å²) in [6, 6.07) is 10.2. The van der Waals surface area contributed by atoms with Crippen LogP contribution in [0.5, 0.6) is 5.75 Å². The molecule has 1 saturated heterocycles. The van der Waals surface area contributed by atoms with Crippen molar-refractivity contribution in [1.29, 1.82) is 0 Å². The van der Waals surface area contributed by atoms with E-state index in [1.54, 1.807) is 19.4 Å². The Bertz CT molecular complexity index is 910. The van der Waals surface area contributed by atoms with Crippen LogP contribution in [0, 0.1) is 5.82 Å². The third-order valence-corrected chi connectivity index (χ3v) is 4.34. The number of hydrogen-bond acceptors (Lipinski definition) is 5. The fraction of sp³-hybridized carbons (Fsp3) is 0.263. The van der Waals surface area contributed by atoms with E-state index in [-0.39, 0.29) is 5.82 Å². The van der Waals surface area contributed by atoms with E-state index in [1.807, 2.05) is 18.2 Å². The van der Waals surface area contributed by atoms with Crippen LogP contribution in [0.15, 0.2) is 42.6 Å². The van der Waals surface area contributed by atoms with Crippen LogP contribution >= 0.6 is 0 Å². The van der Waals surface area contributed by atoms with Gasteiger partial charge in [-0.1, -0.05) is 6.07 Å². The Morgan fingerprint density at radius 1 is 1.08 bits per heavy atom. The molecule has 6 heteroatoms. The molecule has 2 heterocycles. The summed E-state index contributed by atoms with van der Waals surface area (Å²) in [5.41, 5.74) is 3.11. The third kappa shape index (κ3) is 3.13. The van der Waals surface area contributed by atoms with Gasteiger partial charge in [-0.3, -0.25) is 4.98 Å². The van der Waals surface area contributed by atoms with Gasteiger partial charge in [0.25, 0.3) is 0 Å². The third-order valence-electron chi connectivity index (χ3n) is 4.34. The molecule has 0 spiro atoms. The molecule has 1 fully saturated rings. The predicted octanol–water partition coefficient (Wildman–Crippen LogP) is 3.28. The molecule has 0 aliphatic carbocycles. The van der Waals surface area contributed by atoms with Crippen LogP contribution in [-0.4, -0.2) is 43.4 Å². The average molecular weight is 339 g/mol. The molecule has 3 aromatic rings. The zero-order valence-electron chi connectivity index (χ0n) is 13.9. The molecule has 4 rings (SSSR count). The van der Waals surface area contributed by atoms with E-state index in [0.29, 0.717) is 24.5 Å². The zero-order valence-corrected chi connectivity index (χ0v) is 13.9. The van der Waals surface area contributed by atoms with Crippen molar-refractivity contribution in [3.05, 3.63) is 48.4 Å². The molecule has 0 radical (unpaired) electrons. The van der Waals surface area contributed by atoms with Crippen molar-refractivity contribution in [3.8, 4) is 16.9 Å². The Hall–Kier alpha value is -2.73. The zero-order chi connectivity index (χ0) is 17.2. The number of benzene rings is 2. The second-order valence-electron chi connectivity index (χ2n) is 5.88. The van der Waals surface area contributed by atoms with Gasteiger partial charge in [-0.15, -0.1) is 0 Å². The lowest BCUT2D eigenvalue weighted by Crippen LogP contribution is -2.36. The predicted molar refractivity (Wildman–Crippen MR) is 94.5 cm³/mol. The molecule has 0 atom stereocenters. The van der Waals surface area contributed by atoms with Crippen molar-refractivity contribution in [2.45, 2.75) is 0 Å². The van der Waals surface area contributed by atoms with Gasteiger partial charge in [-0.25, -0.2) is 9.37 Å². The summed E-state index contributed by atoms with van der Waals surface area (Å²) in [6.45, 7) is 3.00. The number of aromatic nitrogens is 2. The standard InChI is InChI=1S/C19H18FN3O2/c1-24-18-5-3-14(20)11-15(18)13-2-4-16-17(10-13)22-19(12-21-16)23-6-8-25-9-7-23/h2-5,10-12H,6-9H2,1H3. The number of nitrogens with zero attached hydrogens (tertiary/aromatic N) is 3. The minimum Gasteiger partial charge on any atom is -0.496 e. The normalized spacial score (nSPS) is 14.7. The Labute approximate surface area is 145 Å². The fourth-order valence-corrected chi connectivity index (χ4v) is 3.02. The van der Waals surface area contributed by atoms with E-state index in [4.69, 9.17) is 14.5 Å². The van der Waals surface area contributed by atoms with Crippen LogP contribution < -0.4 is 9.64 Å². The van der Waals surface area contributed by atoms with Gasteiger partial charge in [0.15, 0.2) is 0 Å². The number of fused-ring (bicyclic) bond motifs is 1. The molecule has 1 aromatic heterocycles. The number of ether oxygens (including phenoxy) is 2. The van der Waals surface area contributed by atoms with Crippen LogP contribution in [-0.2, 0) is 4.74 Å². The lowest BCUT2D eigenvalue weighted by Gasteiger charge is -2.27. The van der Waals surface area contributed by atoms with Crippen LogP contribution in [0.3, 0.4) is 0 Å². The molecule has 2 aromatic carbocycles. The molecule has 5 nitrogen and oxygen atoms in total. The van der Waals surface area contributed by atoms with E-state index in [2.05, 4.69) is 9.88 Å². The molecule has 1 aliphatic rings. The smallest absolute Gasteiger partial charge is 0.148 e. The van der Waals surface area contributed by atoms with Crippen molar-refractivity contribution < 1.29 is 13.9 Å². The van der Waals surface area contributed by atoms with E-state index in [0.717, 1.165) is 35.5 Å². The summed E-state index contributed by atoms with van der Waals surface area (Å²) in [6.07, 6.45) is 1.79. The first-order valence-corrected chi connectivity index (χ1v) is 8.18. The Balaban J connectivity index is 1.77. The molecular formula is C19H18FN3O2. The van der Waals surface area contributed by atoms with Crippen molar-refractivity contribution >= 4 is 16.9 Å². The highest BCUT2D eigenvalue weighted by Crippen LogP contribution is 2.32. The molecule has 0 saturated carbocycles. The Morgan fingerprint density at radius 3 is 2.72 bits per heavy atom. The maximum absolute atomic E-state index is 13.7. The largest absolute Gasteiger partial charge is 0.496 e. The summed E-state index contributed by atoms with van der Waals surface area (Å²) in [4.78, 5) is 11.4. The van der Waals surface area contributed by atoms with E-state index in [1.165, 1.54) is 12.1 Å². The lowest BCUT2D eigenvalue weighted by molar-refractivity contribution is 0.122. The summed E-state index contributed by atoms with van der Waals surface area (Å²) < 4.78 is 24.4. The van der Waals surface area contributed by atoms with Gasteiger partial charge >= 0.3 is 0 Å². The van der Waals surface area contributed by atoms with Gasteiger partial charge < -0.3 is 14.4 Å². The van der Waals surface area contributed by atoms with Gasteiger partial charge in [-0.05, 0) is 35.9 Å². The number of hydrogen-bond donors (Lipinski definition) is 0. The van der Waals surface area contributed by atoms with E-state index in [9.17, 15) is 4.39 Å². The van der Waals surface area contributed by atoms with E-state index < -0.39 is 0 Å². The molecular weight excluding hydrogens is 321 g/mol. The van der Waals surface area contributed by atoms with Crippen LogP contribution in [0.2, 0.25) is 0 Å². The molecule has 25 heavy (non-hydrogen) atoms. The Kier molecular flexibility index (Phi) is 4.19. The van der Waals surface area contributed by atoms with Gasteiger partial charge in [0.05, 0.1) is 37.6 Å². The number of methoxy groups -OCH3 is 1. The van der Waals surface area contributed by atoms with Gasteiger partial charge in [0.1, 0.15) is 17.4 Å². The number of halogens is 1. The van der Waals surface area contributed by atoms with Gasteiger partial charge in [0.2, 0.25) is 0 Å². The second kappa shape index (κ2) is 6.64. The number of anilines is 1. The lowest BCUT2D eigenvalue weighted by atomic mass is 10.0. The highest BCUT2D eigenvalue weighted by molar-refractivity contribution is 5.83. The average Bonchev–Trinajstić information content (AvgIpc) is 2.68. The minimum absolute atomic E-state index is 0.302. The van der Waals surface area contributed by atoms with Crippen LogP contribution in [0.4, 0.5) is 10.2 Å². The number of morpholine rings is 1.